The number of hydrogen-bond acceptors (Lipinski definition) is 6. The van der Waals surface area contributed by atoms with Gasteiger partial charge in [0.05, 0.1) is 5.56 Å². The van der Waals surface area contributed by atoms with Crippen molar-refractivity contribution in [3.8, 4) is 0 Å². The molecule has 1 aromatic carbocycles. The van der Waals surface area contributed by atoms with Crippen LogP contribution in [0.5, 0.6) is 0 Å². The second-order valence-corrected chi connectivity index (χ2v) is 6.24. The molecule has 1 aromatic rings. The first kappa shape index (κ1) is 15.4. The Bertz CT molecular complexity index is 553. The van der Waals surface area contributed by atoms with Crippen molar-refractivity contribution >= 4 is 5.97 Å². The summed E-state index contributed by atoms with van der Waals surface area (Å²) < 4.78 is 22.1. The SMILES string of the molecule is CC1(C)OC2OC(COC(=O)c3ccccc3)[C@@](C)(O)C2O1. The number of esters is 1. The molecule has 2 heterocycles. The van der Waals surface area contributed by atoms with Gasteiger partial charge in [-0.1, -0.05) is 18.2 Å². The van der Waals surface area contributed by atoms with Crippen molar-refractivity contribution in [2.45, 2.75) is 50.7 Å². The lowest BCUT2D eigenvalue weighted by atomic mass is 9.95. The maximum atomic E-state index is 11.9. The second-order valence-electron chi connectivity index (χ2n) is 6.24. The number of hydrogen-bond donors (Lipinski definition) is 1. The van der Waals surface area contributed by atoms with Crippen molar-refractivity contribution in [1.82, 2.24) is 0 Å². The Morgan fingerprint density at radius 1 is 1.23 bits per heavy atom. The summed E-state index contributed by atoms with van der Waals surface area (Å²) in [5, 5.41) is 10.6. The molecule has 2 aliphatic rings. The highest BCUT2D eigenvalue weighted by atomic mass is 16.8. The number of aliphatic hydroxyl groups is 1. The molecule has 0 saturated carbocycles. The molecule has 2 saturated heterocycles. The highest BCUT2D eigenvalue weighted by Gasteiger charge is 2.61. The number of carbonyl (C=O) groups is 1. The van der Waals surface area contributed by atoms with Crippen LogP contribution >= 0.6 is 0 Å². The molecule has 120 valence electrons. The molecular weight excluding hydrogens is 288 g/mol. The molecule has 22 heavy (non-hydrogen) atoms. The topological polar surface area (TPSA) is 74.2 Å². The lowest BCUT2D eigenvalue weighted by molar-refractivity contribution is -0.230. The van der Waals surface area contributed by atoms with Crippen LogP contribution in [0.2, 0.25) is 0 Å². The van der Waals surface area contributed by atoms with Gasteiger partial charge in [-0.25, -0.2) is 4.79 Å². The number of ether oxygens (including phenoxy) is 4. The van der Waals surface area contributed by atoms with Crippen molar-refractivity contribution in [3.63, 3.8) is 0 Å². The molecule has 1 N–H and O–H groups in total. The van der Waals surface area contributed by atoms with Crippen LogP contribution in [0.1, 0.15) is 31.1 Å². The molecule has 0 radical (unpaired) electrons. The lowest BCUT2D eigenvalue weighted by Crippen LogP contribution is -2.48. The van der Waals surface area contributed by atoms with Crippen molar-refractivity contribution in [2.24, 2.45) is 0 Å². The van der Waals surface area contributed by atoms with Crippen LogP contribution in [0.3, 0.4) is 0 Å². The minimum Gasteiger partial charge on any atom is -0.459 e. The highest BCUT2D eigenvalue weighted by Crippen LogP contribution is 2.42. The molecule has 3 rings (SSSR count). The van der Waals surface area contributed by atoms with E-state index < -0.39 is 35.9 Å². The Morgan fingerprint density at radius 3 is 2.55 bits per heavy atom. The van der Waals surface area contributed by atoms with Gasteiger partial charge in [-0.15, -0.1) is 0 Å². The van der Waals surface area contributed by atoms with Crippen LogP contribution < -0.4 is 0 Å². The fraction of sp³-hybridized carbons (Fsp3) is 0.562. The van der Waals surface area contributed by atoms with Crippen LogP contribution in [0.4, 0.5) is 0 Å². The maximum Gasteiger partial charge on any atom is 0.338 e. The Kier molecular flexibility index (Phi) is 3.72. The molecule has 0 amide bonds. The molecule has 6 nitrogen and oxygen atoms in total. The second kappa shape index (κ2) is 5.31. The van der Waals surface area contributed by atoms with E-state index in [1.54, 1.807) is 45.0 Å². The van der Waals surface area contributed by atoms with Gasteiger partial charge in [0, 0.05) is 0 Å². The van der Waals surface area contributed by atoms with Gasteiger partial charge in [0.2, 0.25) is 0 Å². The molecular formula is C16H20O6. The van der Waals surface area contributed by atoms with Gasteiger partial charge >= 0.3 is 5.97 Å². The molecule has 2 fully saturated rings. The van der Waals surface area contributed by atoms with E-state index in [0.717, 1.165) is 0 Å². The van der Waals surface area contributed by atoms with E-state index in [1.165, 1.54) is 0 Å². The first-order chi connectivity index (χ1) is 10.3. The maximum absolute atomic E-state index is 11.9. The van der Waals surface area contributed by atoms with E-state index in [4.69, 9.17) is 18.9 Å². The van der Waals surface area contributed by atoms with Crippen molar-refractivity contribution in [3.05, 3.63) is 35.9 Å². The zero-order chi connectivity index (χ0) is 16.0. The summed E-state index contributed by atoms with van der Waals surface area (Å²) in [5.41, 5.74) is -0.843. The van der Waals surface area contributed by atoms with Gasteiger partial charge in [0.15, 0.2) is 12.1 Å². The van der Waals surface area contributed by atoms with Crippen LogP contribution in [-0.4, -0.2) is 47.6 Å². The van der Waals surface area contributed by atoms with Gasteiger partial charge in [-0.3, -0.25) is 0 Å². The molecule has 0 bridgehead atoms. The minimum atomic E-state index is -1.30. The molecule has 4 atom stereocenters. The first-order valence-corrected chi connectivity index (χ1v) is 7.25. The minimum absolute atomic E-state index is 0.0686. The Labute approximate surface area is 128 Å². The molecule has 0 spiro atoms. The largest absolute Gasteiger partial charge is 0.459 e. The molecule has 3 unspecified atom stereocenters. The average molecular weight is 308 g/mol. The smallest absolute Gasteiger partial charge is 0.338 e. The van der Waals surface area contributed by atoms with E-state index in [1.807, 2.05) is 6.07 Å². The number of benzene rings is 1. The quantitative estimate of drug-likeness (QED) is 0.852. The van der Waals surface area contributed by atoms with Crippen molar-refractivity contribution in [2.75, 3.05) is 6.61 Å². The van der Waals surface area contributed by atoms with Crippen LogP contribution in [-0.2, 0) is 18.9 Å². The average Bonchev–Trinajstić information content (AvgIpc) is 2.89. The predicted octanol–water partition coefficient (Wildman–Crippen LogP) is 1.47. The fourth-order valence-electron chi connectivity index (χ4n) is 2.72. The number of carbonyl (C=O) groups excluding carboxylic acids is 1. The predicted molar refractivity (Wildman–Crippen MR) is 76.0 cm³/mol. The lowest BCUT2D eigenvalue weighted by Gasteiger charge is -2.29. The standard InChI is InChI=1S/C16H20O6/c1-15(2)21-12-14(22-15)20-11(16(12,3)18)9-19-13(17)10-7-5-4-6-8-10/h4-8,11-12,14,18H,9H2,1-3H3/t11?,12?,14?,16-/m1/s1. The molecule has 2 aliphatic heterocycles. The van der Waals surface area contributed by atoms with Crippen molar-refractivity contribution < 1.29 is 28.8 Å². The van der Waals surface area contributed by atoms with Crippen LogP contribution in [0, 0.1) is 0 Å². The normalized spacial score (nSPS) is 36.1. The Hall–Kier alpha value is -1.47. The van der Waals surface area contributed by atoms with E-state index in [9.17, 15) is 9.90 Å². The summed E-state index contributed by atoms with van der Waals surface area (Å²) in [4.78, 5) is 11.9. The zero-order valence-corrected chi connectivity index (χ0v) is 12.8. The summed E-state index contributed by atoms with van der Waals surface area (Å²) in [6.45, 7) is 5.05. The first-order valence-electron chi connectivity index (χ1n) is 7.25. The summed E-state index contributed by atoms with van der Waals surface area (Å²) in [5.74, 6) is -1.26. The van der Waals surface area contributed by atoms with Gasteiger partial charge < -0.3 is 24.1 Å². The van der Waals surface area contributed by atoms with Gasteiger partial charge in [-0.2, -0.15) is 0 Å². The van der Waals surface area contributed by atoms with E-state index >= 15 is 0 Å². The summed E-state index contributed by atoms with van der Waals surface area (Å²) in [6, 6.07) is 8.66. The highest BCUT2D eigenvalue weighted by molar-refractivity contribution is 5.89. The summed E-state index contributed by atoms with van der Waals surface area (Å²) in [7, 11) is 0. The molecule has 0 aromatic heterocycles. The third kappa shape index (κ3) is 2.75. The Balaban J connectivity index is 1.62. The summed E-state index contributed by atoms with van der Waals surface area (Å²) in [6.07, 6.45) is -1.97. The third-order valence-corrected chi connectivity index (χ3v) is 3.96. The van der Waals surface area contributed by atoms with Crippen LogP contribution in [0.15, 0.2) is 30.3 Å². The van der Waals surface area contributed by atoms with Gasteiger partial charge in [0.1, 0.15) is 24.4 Å². The van der Waals surface area contributed by atoms with Gasteiger partial charge in [0.25, 0.3) is 0 Å². The number of fused-ring (bicyclic) bond motifs is 1. The number of rotatable bonds is 3. The van der Waals surface area contributed by atoms with E-state index in [-0.39, 0.29) is 6.61 Å². The zero-order valence-electron chi connectivity index (χ0n) is 12.8. The fourth-order valence-corrected chi connectivity index (χ4v) is 2.72. The Morgan fingerprint density at radius 2 is 1.91 bits per heavy atom. The summed E-state index contributed by atoms with van der Waals surface area (Å²) >= 11 is 0. The monoisotopic (exact) mass is 308 g/mol. The van der Waals surface area contributed by atoms with Crippen molar-refractivity contribution in [1.29, 1.82) is 0 Å². The van der Waals surface area contributed by atoms with E-state index in [0.29, 0.717) is 5.56 Å². The molecule has 6 heteroatoms. The third-order valence-electron chi connectivity index (χ3n) is 3.96. The molecule has 0 aliphatic carbocycles. The van der Waals surface area contributed by atoms with Crippen LogP contribution in [0.25, 0.3) is 0 Å². The van der Waals surface area contributed by atoms with Gasteiger partial charge in [-0.05, 0) is 32.9 Å². The van der Waals surface area contributed by atoms with E-state index in [2.05, 4.69) is 0 Å².